The van der Waals surface area contributed by atoms with E-state index in [0.717, 1.165) is 6.07 Å². The number of ketones is 1. The van der Waals surface area contributed by atoms with Gasteiger partial charge < -0.3 is 5.11 Å². The Hall–Kier alpha value is -1.62. The topological polar surface area (TPSA) is 37.3 Å². The SMILES string of the molecule is O=C1CCCC=C1[C@H](O)c1ccccc1C(F)(F)F. The number of hydrogen-bond donors (Lipinski definition) is 1. The van der Waals surface area contributed by atoms with Crippen LogP contribution in [0, 0.1) is 0 Å². The second-order valence-corrected chi connectivity index (χ2v) is 4.46. The van der Waals surface area contributed by atoms with Crippen LogP contribution >= 0.6 is 0 Å². The van der Waals surface area contributed by atoms with Gasteiger partial charge in [0.2, 0.25) is 0 Å². The van der Waals surface area contributed by atoms with Crippen molar-refractivity contribution >= 4 is 5.78 Å². The summed E-state index contributed by atoms with van der Waals surface area (Å²) >= 11 is 0. The molecule has 2 nitrogen and oxygen atoms in total. The van der Waals surface area contributed by atoms with E-state index in [2.05, 4.69) is 0 Å². The number of carbonyl (C=O) groups excluding carboxylic acids is 1. The molecule has 5 heteroatoms. The minimum atomic E-state index is -4.55. The Morgan fingerprint density at radius 2 is 1.89 bits per heavy atom. The fourth-order valence-electron chi connectivity index (χ4n) is 2.20. The Morgan fingerprint density at radius 3 is 2.53 bits per heavy atom. The molecular weight excluding hydrogens is 257 g/mol. The smallest absolute Gasteiger partial charge is 0.384 e. The van der Waals surface area contributed by atoms with Crippen molar-refractivity contribution < 1.29 is 23.1 Å². The van der Waals surface area contributed by atoms with Crippen molar-refractivity contribution in [3.05, 3.63) is 47.0 Å². The molecule has 0 radical (unpaired) electrons. The first-order chi connectivity index (χ1) is 8.91. The van der Waals surface area contributed by atoms with Gasteiger partial charge in [-0.2, -0.15) is 13.2 Å². The van der Waals surface area contributed by atoms with Crippen molar-refractivity contribution in [2.75, 3.05) is 0 Å². The van der Waals surface area contributed by atoms with Gasteiger partial charge in [-0.05, 0) is 24.5 Å². The number of rotatable bonds is 2. The van der Waals surface area contributed by atoms with E-state index in [1.54, 1.807) is 0 Å². The molecule has 1 aromatic carbocycles. The monoisotopic (exact) mass is 270 g/mol. The minimum absolute atomic E-state index is 0.0722. The summed E-state index contributed by atoms with van der Waals surface area (Å²) in [7, 11) is 0. The lowest BCUT2D eigenvalue weighted by Gasteiger charge is -2.21. The van der Waals surface area contributed by atoms with Gasteiger partial charge >= 0.3 is 6.18 Å². The molecule has 0 saturated carbocycles. The third-order valence-electron chi connectivity index (χ3n) is 3.15. The van der Waals surface area contributed by atoms with Crippen LogP contribution in [-0.2, 0) is 11.0 Å². The van der Waals surface area contributed by atoms with Gasteiger partial charge in [0.1, 0.15) is 6.10 Å². The second kappa shape index (κ2) is 5.17. The van der Waals surface area contributed by atoms with Crippen molar-refractivity contribution in [2.24, 2.45) is 0 Å². The molecule has 19 heavy (non-hydrogen) atoms. The number of Topliss-reactive ketones (excluding diaryl/α,β-unsaturated/α-hetero) is 1. The Morgan fingerprint density at radius 1 is 1.21 bits per heavy atom. The number of aliphatic hydroxyl groups is 1. The first-order valence-corrected chi connectivity index (χ1v) is 5.98. The third-order valence-corrected chi connectivity index (χ3v) is 3.15. The van der Waals surface area contributed by atoms with Crippen molar-refractivity contribution in [3.8, 4) is 0 Å². The molecule has 0 amide bonds. The quantitative estimate of drug-likeness (QED) is 0.894. The molecule has 1 N–H and O–H groups in total. The van der Waals surface area contributed by atoms with Gasteiger partial charge in [-0.15, -0.1) is 0 Å². The molecule has 102 valence electrons. The van der Waals surface area contributed by atoms with Crippen LogP contribution in [0.15, 0.2) is 35.9 Å². The fraction of sp³-hybridized carbons (Fsp3) is 0.357. The number of alkyl halides is 3. The second-order valence-electron chi connectivity index (χ2n) is 4.46. The molecule has 0 heterocycles. The van der Waals surface area contributed by atoms with Gasteiger partial charge in [0.05, 0.1) is 5.56 Å². The zero-order valence-electron chi connectivity index (χ0n) is 10.1. The van der Waals surface area contributed by atoms with Crippen LogP contribution in [-0.4, -0.2) is 10.9 Å². The molecule has 0 aromatic heterocycles. The van der Waals surface area contributed by atoms with E-state index >= 15 is 0 Å². The number of benzene rings is 1. The maximum atomic E-state index is 12.9. The summed E-state index contributed by atoms with van der Waals surface area (Å²) in [5.41, 5.74) is -1.10. The molecule has 2 rings (SSSR count). The Balaban J connectivity index is 2.42. The zero-order valence-corrected chi connectivity index (χ0v) is 10.1. The Labute approximate surface area is 108 Å². The summed E-state index contributed by atoms with van der Waals surface area (Å²) in [6, 6.07) is 4.79. The van der Waals surface area contributed by atoms with Crippen molar-refractivity contribution in [2.45, 2.75) is 31.5 Å². The highest BCUT2D eigenvalue weighted by molar-refractivity contribution is 5.97. The molecule has 0 saturated heterocycles. The van der Waals surface area contributed by atoms with E-state index in [1.807, 2.05) is 0 Å². The average Bonchev–Trinajstić information content (AvgIpc) is 2.37. The summed E-state index contributed by atoms with van der Waals surface area (Å²) in [6.07, 6.45) is -2.97. The van der Waals surface area contributed by atoms with E-state index < -0.39 is 17.8 Å². The number of hydrogen-bond acceptors (Lipinski definition) is 2. The highest BCUT2D eigenvalue weighted by atomic mass is 19.4. The third kappa shape index (κ3) is 2.87. The van der Waals surface area contributed by atoms with Crippen LogP contribution in [0.5, 0.6) is 0 Å². The van der Waals surface area contributed by atoms with E-state index in [9.17, 15) is 23.1 Å². The van der Waals surface area contributed by atoms with Gasteiger partial charge in [0.25, 0.3) is 0 Å². The molecule has 0 spiro atoms. The van der Waals surface area contributed by atoms with Gasteiger partial charge in [-0.25, -0.2) is 0 Å². The predicted molar refractivity (Wildman–Crippen MR) is 63.3 cm³/mol. The summed E-state index contributed by atoms with van der Waals surface area (Å²) in [6.45, 7) is 0. The molecular formula is C14H13F3O2. The highest BCUT2D eigenvalue weighted by Crippen LogP contribution is 2.37. The molecule has 1 aliphatic rings. The van der Waals surface area contributed by atoms with Crippen LogP contribution in [0.3, 0.4) is 0 Å². The molecule has 1 atom stereocenters. The summed E-state index contributed by atoms with van der Waals surface area (Å²) in [4.78, 5) is 11.7. The lowest BCUT2D eigenvalue weighted by atomic mass is 9.89. The summed E-state index contributed by atoms with van der Waals surface area (Å²) < 4.78 is 38.6. The van der Waals surface area contributed by atoms with E-state index in [-0.39, 0.29) is 23.3 Å². The Bertz CT molecular complexity index is 518. The van der Waals surface area contributed by atoms with E-state index in [1.165, 1.54) is 24.3 Å². The molecule has 1 aromatic rings. The summed E-state index contributed by atoms with van der Waals surface area (Å²) in [5, 5.41) is 10.1. The van der Waals surface area contributed by atoms with Gasteiger partial charge in [0, 0.05) is 12.0 Å². The van der Waals surface area contributed by atoms with Crippen LogP contribution in [0.2, 0.25) is 0 Å². The van der Waals surface area contributed by atoms with E-state index in [4.69, 9.17) is 0 Å². The molecule has 0 fully saturated rings. The van der Waals surface area contributed by atoms with Gasteiger partial charge in [-0.3, -0.25) is 4.79 Å². The van der Waals surface area contributed by atoms with E-state index in [0.29, 0.717) is 12.8 Å². The van der Waals surface area contributed by atoms with Crippen molar-refractivity contribution in [1.82, 2.24) is 0 Å². The first kappa shape index (κ1) is 13.8. The normalized spacial score (nSPS) is 18.1. The summed E-state index contributed by atoms with van der Waals surface area (Å²) in [5.74, 6) is -0.282. The first-order valence-electron chi connectivity index (χ1n) is 5.98. The van der Waals surface area contributed by atoms with Gasteiger partial charge in [-0.1, -0.05) is 24.3 Å². The zero-order chi connectivity index (χ0) is 14.0. The largest absolute Gasteiger partial charge is 0.416 e. The Kier molecular flexibility index (Phi) is 3.75. The number of allylic oxidation sites excluding steroid dienone is 1. The lowest BCUT2D eigenvalue weighted by molar-refractivity contribution is -0.139. The average molecular weight is 270 g/mol. The van der Waals surface area contributed by atoms with Crippen LogP contribution in [0.1, 0.15) is 36.5 Å². The number of carbonyl (C=O) groups is 1. The van der Waals surface area contributed by atoms with Gasteiger partial charge in [0.15, 0.2) is 5.78 Å². The standard InChI is InChI=1S/C14H13F3O2/c15-14(16,17)11-7-3-1-5-9(11)13(19)10-6-2-4-8-12(10)18/h1,3,5-7,13,19H,2,4,8H2/t13-/m1/s1. The van der Waals surface area contributed by atoms with Crippen LogP contribution < -0.4 is 0 Å². The molecule has 0 unspecified atom stereocenters. The van der Waals surface area contributed by atoms with Crippen molar-refractivity contribution in [1.29, 1.82) is 0 Å². The lowest BCUT2D eigenvalue weighted by Crippen LogP contribution is -2.18. The van der Waals surface area contributed by atoms with Crippen molar-refractivity contribution in [3.63, 3.8) is 0 Å². The molecule has 1 aliphatic carbocycles. The van der Waals surface area contributed by atoms with Crippen LogP contribution in [0.25, 0.3) is 0 Å². The molecule has 0 aliphatic heterocycles. The molecule has 0 bridgehead atoms. The number of halogens is 3. The predicted octanol–water partition coefficient (Wildman–Crippen LogP) is 3.42. The van der Waals surface area contributed by atoms with Crippen LogP contribution in [0.4, 0.5) is 13.2 Å². The number of aliphatic hydroxyl groups excluding tert-OH is 1. The highest BCUT2D eigenvalue weighted by Gasteiger charge is 2.36. The maximum absolute atomic E-state index is 12.9. The fourth-order valence-corrected chi connectivity index (χ4v) is 2.20. The maximum Gasteiger partial charge on any atom is 0.416 e. The minimum Gasteiger partial charge on any atom is -0.384 e.